The van der Waals surface area contributed by atoms with E-state index in [1.165, 1.54) is 31.4 Å². The number of hydrogen-bond donors (Lipinski definition) is 1. The van der Waals surface area contributed by atoms with E-state index in [0.29, 0.717) is 0 Å². The summed E-state index contributed by atoms with van der Waals surface area (Å²) in [6, 6.07) is 0. The summed E-state index contributed by atoms with van der Waals surface area (Å²) in [6.45, 7) is 1.57. The van der Waals surface area contributed by atoms with Gasteiger partial charge in [-0.2, -0.15) is 5.10 Å². The molecule has 0 radical (unpaired) electrons. The number of methoxy groups -OCH3 is 1. The van der Waals surface area contributed by atoms with E-state index in [1.807, 2.05) is 0 Å². The molecule has 0 amide bonds. The summed E-state index contributed by atoms with van der Waals surface area (Å²) in [5.74, 6) is -1.00. The van der Waals surface area contributed by atoms with Crippen molar-refractivity contribution in [3.8, 4) is 0 Å². The molecule has 1 atom stereocenters. The van der Waals surface area contributed by atoms with Gasteiger partial charge in [0.05, 0.1) is 6.61 Å². The average molecular weight is 185 g/mol. The maximum absolute atomic E-state index is 10.9. The molecular weight excluding hydrogens is 174 g/mol. The van der Waals surface area contributed by atoms with E-state index in [4.69, 9.17) is 9.84 Å². The molecule has 1 unspecified atom stereocenters. The van der Waals surface area contributed by atoms with Gasteiger partial charge < -0.3 is 9.84 Å². The molecule has 0 aromatic carbocycles. The largest absolute Gasteiger partial charge is 0.479 e. The van der Waals surface area contributed by atoms with Crippen molar-refractivity contribution in [2.75, 3.05) is 13.7 Å². The van der Waals surface area contributed by atoms with Gasteiger partial charge in [-0.3, -0.25) is 0 Å². The zero-order valence-corrected chi connectivity index (χ0v) is 7.47. The first-order valence-corrected chi connectivity index (χ1v) is 3.68. The first-order valence-electron chi connectivity index (χ1n) is 3.68. The van der Waals surface area contributed by atoms with Crippen molar-refractivity contribution < 1.29 is 14.6 Å². The standard InChI is InChI=1S/C7H11N3O3/c1-7(3-13-2,6(11)12)10-5-8-4-9-10/h4-5H,3H2,1-2H3,(H,11,12). The number of carboxylic acids is 1. The lowest BCUT2D eigenvalue weighted by atomic mass is 10.1. The summed E-state index contributed by atoms with van der Waals surface area (Å²) in [7, 11) is 1.44. The molecule has 0 saturated carbocycles. The maximum atomic E-state index is 10.9. The van der Waals surface area contributed by atoms with Crippen molar-refractivity contribution in [1.82, 2.24) is 14.8 Å². The summed E-state index contributed by atoms with van der Waals surface area (Å²) in [4.78, 5) is 14.6. The molecule has 1 N–H and O–H groups in total. The van der Waals surface area contributed by atoms with Gasteiger partial charge in [-0.05, 0) is 6.92 Å². The van der Waals surface area contributed by atoms with E-state index in [2.05, 4.69) is 10.1 Å². The molecule has 0 saturated heterocycles. The third-order valence-electron chi connectivity index (χ3n) is 1.81. The lowest BCUT2D eigenvalue weighted by Crippen LogP contribution is -2.43. The van der Waals surface area contributed by atoms with Crippen molar-refractivity contribution in [2.45, 2.75) is 12.5 Å². The van der Waals surface area contributed by atoms with Crippen LogP contribution >= 0.6 is 0 Å². The van der Waals surface area contributed by atoms with Gasteiger partial charge in [-0.15, -0.1) is 0 Å². The lowest BCUT2D eigenvalue weighted by Gasteiger charge is -2.23. The minimum atomic E-state index is -1.19. The molecule has 0 aliphatic carbocycles. The normalized spacial score (nSPS) is 15.2. The lowest BCUT2D eigenvalue weighted by molar-refractivity contribution is -0.150. The third kappa shape index (κ3) is 1.67. The molecule has 1 aromatic rings. The minimum Gasteiger partial charge on any atom is -0.479 e. The number of aromatic nitrogens is 3. The number of ether oxygens (including phenoxy) is 1. The van der Waals surface area contributed by atoms with Crippen LogP contribution in [0.25, 0.3) is 0 Å². The SMILES string of the molecule is COCC(C)(C(=O)O)n1cncn1. The quantitative estimate of drug-likeness (QED) is 0.698. The van der Waals surface area contributed by atoms with Gasteiger partial charge in [0.2, 0.25) is 0 Å². The van der Waals surface area contributed by atoms with Crippen LogP contribution in [0.1, 0.15) is 6.92 Å². The van der Waals surface area contributed by atoms with E-state index >= 15 is 0 Å². The Kier molecular flexibility index (Phi) is 2.62. The van der Waals surface area contributed by atoms with E-state index in [9.17, 15) is 4.79 Å². The van der Waals surface area contributed by atoms with E-state index < -0.39 is 11.5 Å². The molecule has 1 aromatic heterocycles. The number of aliphatic carboxylic acids is 1. The van der Waals surface area contributed by atoms with Gasteiger partial charge in [-0.1, -0.05) is 0 Å². The molecule has 0 aliphatic heterocycles. The maximum Gasteiger partial charge on any atom is 0.333 e. The molecule has 0 bridgehead atoms. The highest BCUT2D eigenvalue weighted by Gasteiger charge is 2.36. The molecule has 13 heavy (non-hydrogen) atoms. The summed E-state index contributed by atoms with van der Waals surface area (Å²) in [6.07, 6.45) is 2.64. The zero-order chi connectivity index (χ0) is 9.90. The Hall–Kier alpha value is -1.43. The van der Waals surface area contributed by atoms with Gasteiger partial charge in [0.15, 0.2) is 5.54 Å². The number of nitrogens with zero attached hydrogens (tertiary/aromatic N) is 3. The number of rotatable bonds is 4. The predicted molar refractivity (Wildman–Crippen MR) is 43.2 cm³/mol. The van der Waals surface area contributed by atoms with Crippen LogP contribution in [-0.4, -0.2) is 39.6 Å². The molecule has 0 aliphatic rings. The van der Waals surface area contributed by atoms with Crippen LogP contribution in [0.5, 0.6) is 0 Å². The van der Waals surface area contributed by atoms with Crippen LogP contribution in [0, 0.1) is 0 Å². The van der Waals surface area contributed by atoms with Gasteiger partial charge >= 0.3 is 5.97 Å². The highest BCUT2D eigenvalue weighted by Crippen LogP contribution is 2.14. The van der Waals surface area contributed by atoms with Crippen LogP contribution < -0.4 is 0 Å². The Morgan fingerprint density at radius 1 is 1.77 bits per heavy atom. The van der Waals surface area contributed by atoms with Crippen LogP contribution in [0.3, 0.4) is 0 Å². The minimum absolute atomic E-state index is 0.0473. The highest BCUT2D eigenvalue weighted by molar-refractivity contribution is 5.76. The highest BCUT2D eigenvalue weighted by atomic mass is 16.5. The van der Waals surface area contributed by atoms with E-state index in [0.717, 1.165) is 0 Å². The second-order valence-electron chi connectivity index (χ2n) is 2.85. The Bertz CT molecular complexity index is 285. The van der Waals surface area contributed by atoms with E-state index in [1.54, 1.807) is 0 Å². The smallest absolute Gasteiger partial charge is 0.333 e. The van der Waals surface area contributed by atoms with Gasteiger partial charge in [0, 0.05) is 7.11 Å². The van der Waals surface area contributed by atoms with Gasteiger partial charge in [0.25, 0.3) is 0 Å². The van der Waals surface area contributed by atoms with Crippen LogP contribution in [0.15, 0.2) is 12.7 Å². The van der Waals surface area contributed by atoms with Gasteiger partial charge in [-0.25, -0.2) is 14.5 Å². The molecule has 72 valence electrons. The Morgan fingerprint density at radius 3 is 2.85 bits per heavy atom. The number of hydrogen-bond acceptors (Lipinski definition) is 4. The Balaban J connectivity index is 2.98. The zero-order valence-electron chi connectivity index (χ0n) is 7.47. The number of carboxylic acid groups (broad SMARTS) is 1. The topological polar surface area (TPSA) is 77.2 Å². The summed E-state index contributed by atoms with van der Waals surface area (Å²) in [5, 5.41) is 12.7. The first kappa shape index (κ1) is 9.66. The molecular formula is C7H11N3O3. The van der Waals surface area contributed by atoms with Crippen molar-refractivity contribution >= 4 is 5.97 Å². The van der Waals surface area contributed by atoms with Crippen LogP contribution in [0.4, 0.5) is 0 Å². The second kappa shape index (κ2) is 3.53. The summed E-state index contributed by atoms with van der Waals surface area (Å²) in [5.41, 5.74) is -1.19. The molecule has 0 spiro atoms. The second-order valence-corrected chi connectivity index (χ2v) is 2.85. The fourth-order valence-electron chi connectivity index (χ4n) is 0.970. The molecule has 6 nitrogen and oxygen atoms in total. The third-order valence-corrected chi connectivity index (χ3v) is 1.81. The van der Waals surface area contributed by atoms with Gasteiger partial charge in [0.1, 0.15) is 12.7 Å². The van der Waals surface area contributed by atoms with Crippen molar-refractivity contribution in [3.63, 3.8) is 0 Å². The Labute approximate surface area is 75.2 Å². The predicted octanol–water partition coefficient (Wildman–Crippen LogP) is -0.276. The average Bonchev–Trinajstić information content (AvgIpc) is 2.56. The Morgan fingerprint density at radius 2 is 2.46 bits per heavy atom. The number of carbonyl (C=O) groups is 1. The molecule has 6 heteroatoms. The van der Waals surface area contributed by atoms with Crippen LogP contribution in [-0.2, 0) is 15.1 Å². The van der Waals surface area contributed by atoms with E-state index in [-0.39, 0.29) is 6.61 Å². The fourth-order valence-corrected chi connectivity index (χ4v) is 0.970. The fraction of sp³-hybridized carbons (Fsp3) is 0.571. The van der Waals surface area contributed by atoms with Crippen molar-refractivity contribution in [2.24, 2.45) is 0 Å². The molecule has 1 rings (SSSR count). The van der Waals surface area contributed by atoms with Crippen LogP contribution in [0.2, 0.25) is 0 Å². The summed E-state index contributed by atoms with van der Waals surface area (Å²) < 4.78 is 6.09. The summed E-state index contributed by atoms with van der Waals surface area (Å²) >= 11 is 0. The molecule has 1 heterocycles. The molecule has 0 fully saturated rings. The van der Waals surface area contributed by atoms with Crippen molar-refractivity contribution in [3.05, 3.63) is 12.7 Å². The van der Waals surface area contributed by atoms with Crippen molar-refractivity contribution in [1.29, 1.82) is 0 Å². The monoisotopic (exact) mass is 185 g/mol. The first-order chi connectivity index (χ1) is 6.11.